The van der Waals surface area contributed by atoms with E-state index in [1.807, 2.05) is 6.92 Å². The third kappa shape index (κ3) is 4.46. The maximum absolute atomic E-state index is 12.3. The van der Waals surface area contributed by atoms with E-state index in [2.05, 4.69) is 10.6 Å². The number of morpholine rings is 1. The molecular formula is C15H24ClN3O4S. The van der Waals surface area contributed by atoms with E-state index in [0.29, 0.717) is 24.4 Å². The zero-order valence-corrected chi connectivity index (χ0v) is 15.8. The summed E-state index contributed by atoms with van der Waals surface area (Å²) in [5.41, 5.74) is 1.07. The number of ether oxygens (including phenoxy) is 1. The molecule has 0 radical (unpaired) electrons. The number of rotatable bonds is 4. The predicted octanol–water partition coefficient (Wildman–Crippen LogP) is 0.983. The van der Waals surface area contributed by atoms with Gasteiger partial charge in [-0.25, -0.2) is 12.7 Å². The lowest BCUT2D eigenvalue weighted by molar-refractivity contribution is -0.123. The zero-order chi connectivity index (χ0) is 17.2. The molecule has 1 fully saturated rings. The Bertz CT molecular complexity index is 694. The van der Waals surface area contributed by atoms with Crippen LogP contribution < -0.4 is 10.6 Å². The first kappa shape index (κ1) is 20.9. The van der Waals surface area contributed by atoms with Gasteiger partial charge >= 0.3 is 0 Å². The first-order valence-electron chi connectivity index (χ1n) is 7.42. The van der Waals surface area contributed by atoms with E-state index >= 15 is 0 Å². The Morgan fingerprint density at radius 1 is 1.38 bits per heavy atom. The highest BCUT2D eigenvalue weighted by Gasteiger charge is 2.28. The van der Waals surface area contributed by atoms with Gasteiger partial charge < -0.3 is 15.4 Å². The van der Waals surface area contributed by atoms with Gasteiger partial charge in [0.05, 0.1) is 17.6 Å². The molecule has 0 bridgehead atoms. The molecule has 1 aromatic rings. The average Bonchev–Trinajstić information content (AvgIpc) is 2.49. The smallest absolute Gasteiger partial charge is 0.244 e. The van der Waals surface area contributed by atoms with E-state index in [1.54, 1.807) is 19.1 Å². The van der Waals surface area contributed by atoms with E-state index < -0.39 is 16.1 Å². The maximum Gasteiger partial charge on any atom is 0.244 e. The van der Waals surface area contributed by atoms with Crippen LogP contribution in [0.1, 0.15) is 12.5 Å². The molecule has 1 amide bonds. The van der Waals surface area contributed by atoms with Crippen LogP contribution in [0, 0.1) is 6.92 Å². The van der Waals surface area contributed by atoms with Gasteiger partial charge in [0.2, 0.25) is 15.9 Å². The lowest BCUT2D eigenvalue weighted by Gasteiger charge is -2.29. The van der Waals surface area contributed by atoms with Crippen molar-refractivity contribution < 1.29 is 17.9 Å². The molecule has 1 saturated heterocycles. The summed E-state index contributed by atoms with van der Waals surface area (Å²) in [5, 5.41) is 5.86. The molecule has 1 aromatic carbocycles. The van der Waals surface area contributed by atoms with Crippen molar-refractivity contribution in [2.45, 2.75) is 30.9 Å². The van der Waals surface area contributed by atoms with Gasteiger partial charge in [-0.05, 0) is 31.5 Å². The van der Waals surface area contributed by atoms with Crippen molar-refractivity contribution in [2.75, 3.05) is 32.6 Å². The number of hydrogen-bond acceptors (Lipinski definition) is 5. The standard InChI is InChI=1S/C15H23N3O4S.ClH/c1-10-5-6-12(9-13(10)23(20,21)18(3)4)17-15(19)14-11(2)22-8-7-16-14;/h5-6,9,11,14,16H,7-8H2,1-4H3,(H,17,19);1H/t11-,14+;/m1./s1. The van der Waals surface area contributed by atoms with Gasteiger partial charge in [-0.15, -0.1) is 12.4 Å². The monoisotopic (exact) mass is 377 g/mol. The van der Waals surface area contributed by atoms with Crippen LogP contribution in [0.3, 0.4) is 0 Å². The number of amides is 1. The SMILES string of the molecule is Cc1ccc(NC(=O)[C@H]2NCCO[C@@H]2C)cc1S(=O)(=O)N(C)C.Cl. The number of nitrogens with one attached hydrogen (secondary N) is 2. The van der Waals surface area contributed by atoms with Crippen LogP contribution in [0.25, 0.3) is 0 Å². The van der Waals surface area contributed by atoms with Crippen molar-refractivity contribution in [2.24, 2.45) is 0 Å². The van der Waals surface area contributed by atoms with Gasteiger partial charge in [-0.1, -0.05) is 6.07 Å². The van der Waals surface area contributed by atoms with Crippen LogP contribution >= 0.6 is 12.4 Å². The molecule has 2 atom stereocenters. The fraction of sp³-hybridized carbons (Fsp3) is 0.533. The number of carbonyl (C=O) groups excluding carboxylic acids is 1. The lowest BCUT2D eigenvalue weighted by Crippen LogP contribution is -2.53. The summed E-state index contributed by atoms with van der Waals surface area (Å²) in [7, 11) is -0.605. The molecule has 24 heavy (non-hydrogen) atoms. The summed E-state index contributed by atoms with van der Waals surface area (Å²) in [6, 6.07) is 4.40. The van der Waals surface area contributed by atoms with Crippen molar-refractivity contribution >= 4 is 34.0 Å². The third-order valence-corrected chi connectivity index (χ3v) is 5.77. The molecule has 0 unspecified atom stereocenters. The summed E-state index contributed by atoms with van der Waals surface area (Å²) in [4.78, 5) is 12.5. The van der Waals surface area contributed by atoms with Gasteiger partial charge in [-0.3, -0.25) is 4.79 Å². The lowest BCUT2D eigenvalue weighted by atomic mass is 10.1. The Labute approximate surface area is 149 Å². The Morgan fingerprint density at radius 3 is 2.62 bits per heavy atom. The Balaban J connectivity index is 0.00000288. The molecule has 1 aliphatic rings. The van der Waals surface area contributed by atoms with E-state index in [-0.39, 0.29) is 29.3 Å². The van der Waals surface area contributed by atoms with Crippen molar-refractivity contribution in [3.8, 4) is 0 Å². The quantitative estimate of drug-likeness (QED) is 0.816. The van der Waals surface area contributed by atoms with Crippen LogP contribution in [-0.2, 0) is 19.6 Å². The number of halogens is 1. The maximum atomic E-state index is 12.3. The van der Waals surface area contributed by atoms with Crippen molar-refractivity contribution in [1.29, 1.82) is 0 Å². The van der Waals surface area contributed by atoms with Crippen LogP contribution in [0.15, 0.2) is 23.1 Å². The van der Waals surface area contributed by atoms with Crippen molar-refractivity contribution in [3.63, 3.8) is 0 Å². The van der Waals surface area contributed by atoms with E-state index in [1.165, 1.54) is 20.2 Å². The van der Waals surface area contributed by atoms with Crippen LogP contribution in [0.2, 0.25) is 0 Å². The number of benzene rings is 1. The molecule has 9 heteroatoms. The summed E-state index contributed by atoms with van der Waals surface area (Å²) in [6.07, 6.45) is -0.237. The second-order valence-electron chi connectivity index (χ2n) is 5.76. The summed E-state index contributed by atoms with van der Waals surface area (Å²) in [6.45, 7) is 4.73. The molecule has 0 spiro atoms. The first-order chi connectivity index (χ1) is 10.7. The number of anilines is 1. The second-order valence-corrected chi connectivity index (χ2v) is 7.88. The van der Waals surface area contributed by atoms with Gasteiger partial charge in [0.15, 0.2) is 0 Å². The van der Waals surface area contributed by atoms with Gasteiger partial charge in [0, 0.05) is 26.3 Å². The number of carbonyl (C=O) groups is 1. The fourth-order valence-electron chi connectivity index (χ4n) is 2.40. The molecule has 0 saturated carbocycles. The van der Waals surface area contributed by atoms with Gasteiger partial charge in [0.25, 0.3) is 0 Å². The largest absolute Gasteiger partial charge is 0.375 e. The summed E-state index contributed by atoms with van der Waals surface area (Å²) < 4.78 is 31.3. The topological polar surface area (TPSA) is 87.7 Å². The first-order valence-corrected chi connectivity index (χ1v) is 8.86. The van der Waals surface area contributed by atoms with Crippen molar-refractivity contribution in [3.05, 3.63) is 23.8 Å². The predicted molar refractivity (Wildman–Crippen MR) is 95.1 cm³/mol. The van der Waals surface area contributed by atoms with Crippen LogP contribution in [0.5, 0.6) is 0 Å². The zero-order valence-electron chi connectivity index (χ0n) is 14.2. The molecule has 1 aliphatic heterocycles. The third-order valence-electron chi connectivity index (χ3n) is 3.81. The highest BCUT2D eigenvalue weighted by atomic mass is 35.5. The average molecular weight is 378 g/mol. The Morgan fingerprint density at radius 2 is 2.04 bits per heavy atom. The molecule has 2 N–H and O–H groups in total. The molecular weight excluding hydrogens is 354 g/mol. The Hall–Kier alpha value is -1.19. The number of nitrogens with zero attached hydrogens (tertiary/aromatic N) is 1. The second kappa shape index (κ2) is 8.26. The molecule has 0 aromatic heterocycles. The van der Waals surface area contributed by atoms with E-state index in [9.17, 15) is 13.2 Å². The normalized spacial score (nSPS) is 21.2. The minimum atomic E-state index is -3.56. The summed E-state index contributed by atoms with van der Waals surface area (Å²) in [5.74, 6) is -0.241. The molecule has 2 rings (SSSR count). The highest BCUT2D eigenvalue weighted by molar-refractivity contribution is 7.89. The summed E-state index contributed by atoms with van der Waals surface area (Å²) >= 11 is 0. The minimum Gasteiger partial charge on any atom is -0.375 e. The van der Waals surface area contributed by atoms with Gasteiger partial charge in [0.1, 0.15) is 6.04 Å². The van der Waals surface area contributed by atoms with Crippen molar-refractivity contribution in [1.82, 2.24) is 9.62 Å². The minimum absolute atomic E-state index is 0. The number of aryl methyl sites for hydroxylation is 1. The van der Waals surface area contributed by atoms with Crippen LogP contribution in [-0.4, -0.2) is 58.0 Å². The molecule has 136 valence electrons. The Kier molecular flexibility index (Phi) is 7.18. The van der Waals surface area contributed by atoms with Crippen LogP contribution in [0.4, 0.5) is 5.69 Å². The number of hydrogen-bond donors (Lipinski definition) is 2. The highest BCUT2D eigenvalue weighted by Crippen LogP contribution is 2.22. The fourth-order valence-corrected chi connectivity index (χ4v) is 3.54. The van der Waals surface area contributed by atoms with Gasteiger partial charge in [-0.2, -0.15) is 0 Å². The molecule has 1 heterocycles. The molecule has 7 nitrogen and oxygen atoms in total. The molecule has 0 aliphatic carbocycles. The van der Waals surface area contributed by atoms with E-state index in [4.69, 9.17) is 4.74 Å². The number of sulfonamides is 1. The van der Waals surface area contributed by atoms with E-state index in [0.717, 1.165) is 4.31 Å².